The van der Waals surface area contributed by atoms with Gasteiger partial charge >= 0.3 is 5.97 Å². The number of carbonyl (C=O) groups is 1. The molecule has 0 unspecified atom stereocenters. The lowest BCUT2D eigenvalue weighted by molar-refractivity contribution is -0.140. The Bertz CT molecular complexity index is 1410. The lowest BCUT2D eigenvalue weighted by atomic mass is 10.0. The number of aliphatic carboxylic acids is 1. The Morgan fingerprint density at radius 3 is 2.88 bits per heavy atom. The average Bonchev–Trinajstić information content (AvgIpc) is 3.54. The first-order valence-corrected chi connectivity index (χ1v) is 11.6. The van der Waals surface area contributed by atoms with Crippen molar-refractivity contribution in [3.8, 4) is 11.4 Å². The lowest BCUT2D eigenvalue weighted by Crippen LogP contribution is -2.12. The van der Waals surface area contributed by atoms with Crippen LogP contribution in [0.3, 0.4) is 0 Å². The summed E-state index contributed by atoms with van der Waals surface area (Å²) in [5.74, 6) is 1.03. The molecule has 1 aromatic heterocycles. The van der Waals surface area contributed by atoms with Gasteiger partial charge in [0.15, 0.2) is 0 Å². The molecule has 0 aliphatic carbocycles. The maximum atomic E-state index is 11.1. The SMILES string of the molecule is CCc1nc2ccccc2n1-c1cccc2c1OC[C@H]2Nc1ccc2c(c1)CO[C@H]2CC(=O)O. The van der Waals surface area contributed by atoms with Gasteiger partial charge in [0, 0.05) is 17.7 Å². The van der Waals surface area contributed by atoms with Gasteiger partial charge in [0.1, 0.15) is 18.2 Å². The number of nitrogens with zero attached hydrogens (tertiary/aromatic N) is 2. The van der Waals surface area contributed by atoms with Crippen molar-refractivity contribution in [1.82, 2.24) is 9.55 Å². The van der Waals surface area contributed by atoms with Crippen LogP contribution in [0.5, 0.6) is 5.75 Å². The molecule has 0 saturated heterocycles. The van der Waals surface area contributed by atoms with E-state index in [1.807, 2.05) is 30.3 Å². The molecule has 0 fully saturated rings. The first-order valence-electron chi connectivity index (χ1n) is 11.6. The fourth-order valence-corrected chi connectivity index (χ4v) is 5.05. The molecule has 34 heavy (non-hydrogen) atoms. The highest BCUT2D eigenvalue weighted by atomic mass is 16.5. The molecule has 2 atom stereocenters. The van der Waals surface area contributed by atoms with Crippen molar-refractivity contribution < 1.29 is 19.4 Å². The third-order valence-corrected chi connectivity index (χ3v) is 6.61. The molecule has 0 radical (unpaired) electrons. The Morgan fingerprint density at radius 2 is 2.03 bits per heavy atom. The van der Waals surface area contributed by atoms with Crippen LogP contribution in [0.25, 0.3) is 16.7 Å². The van der Waals surface area contributed by atoms with Crippen molar-refractivity contribution in [2.24, 2.45) is 0 Å². The molecule has 7 nitrogen and oxygen atoms in total. The van der Waals surface area contributed by atoms with E-state index in [0.29, 0.717) is 13.2 Å². The third kappa shape index (κ3) is 3.40. The number of para-hydroxylation sites is 3. The molecule has 3 heterocycles. The van der Waals surface area contributed by atoms with Crippen molar-refractivity contribution >= 4 is 22.7 Å². The van der Waals surface area contributed by atoms with E-state index in [2.05, 4.69) is 47.1 Å². The number of aromatic nitrogens is 2. The Kier molecular flexibility index (Phi) is 4.99. The van der Waals surface area contributed by atoms with Gasteiger partial charge in [-0.3, -0.25) is 9.36 Å². The van der Waals surface area contributed by atoms with Gasteiger partial charge in [0.2, 0.25) is 0 Å². The summed E-state index contributed by atoms with van der Waals surface area (Å²) < 4.78 is 14.1. The number of nitrogens with one attached hydrogen (secondary N) is 1. The number of fused-ring (bicyclic) bond motifs is 3. The monoisotopic (exact) mass is 455 g/mol. The normalized spacial score (nSPS) is 18.5. The van der Waals surface area contributed by atoms with Gasteiger partial charge in [-0.15, -0.1) is 0 Å². The highest BCUT2D eigenvalue weighted by molar-refractivity contribution is 5.79. The van der Waals surface area contributed by atoms with E-state index < -0.39 is 5.97 Å². The third-order valence-electron chi connectivity index (χ3n) is 6.61. The van der Waals surface area contributed by atoms with Crippen LogP contribution in [0.2, 0.25) is 0 Å². The second kappa shape index (κ2) is 8.18. The minimum atomic E-state index is -0.854. The number of ether oxygens (including phenoxy) is 2. The number of carboxylic acids is 1. The summed E-state index contributed by atoms with van der Waals surface area (Å²) in [6, 6.07) is 20.5. The predicted octanol–water partition coefficient (Wildman–Crippen LogP) is 5.18. The molecule has 0 amide bonds. The van der Waals surface area contributed by atoms with Gasteiger partial charge in [-0.2, -0.15) is 0 Å². The Hall–Kier alpha value is -3.84. The van der Waals surface area contributed by atoms with E-state index in [1.54, 1.807) is 0 Å². The molecule has 3 aromatic carbocycles. The summed E-state index contributed by atoms with van der Waals surface area (Å²) in [6.45, 7) is 3.07. The van der Waals surface area contributed by atoms with Crippen molar-refractivity contribution in [2.45, 2.75) is 38.5 Å². The summed E-state index contributed by atoms with van der Waals surface area (Å²) in [4.78, 5) is 15.9. The van der Waals surface area contributed by atoms with E-state index in [-0.39, 0.29) is 18.6 Å². The van der Waals surface area contributed by atoms with E-state index in [4.69, 9.17) is 19.6 Å². The zero-order valence-corrected chi connectivity index (χ0v) is 18.8. The van der Waals surface area contributed by atoms with Crippen molar-refractivity contribution in [3.63, 3.8) is 0 Å². The first-order chi connectivity index (χ1) is 16.6. The Balaban J connectivity index is 1.31. The van der Waals surface area contributed by atoms with Crippen LogP contribution < -0.4 is 10.1 Å². The fraction of sp³-hybridized carbons (Fsp3) is 0.259. The van der Waals surface area contributed by atoms with Crippen molar-refractivity contribution in [2.75, 3.05) is 11.9 Å². The molecule has 0 bridgehead atoms. The lowest BCUT2D eigenvalue weighted by Gasteiger charge is -2.15. The molecular formula is C27H25N3O4. The van der Waals surface area contributed by atoms with Crippen LogP contribution in [-0.2, 0) is 22.6 Å². The maximum absolute atomic E-state index is 11.1. The molecule has 7 heteroatoms. The fourth-order valence-electron chi connectivity index (χ4n) is 5.05. The minimum Gasteiger partial charge on any atom is -0.489 e. The van der Waals surface area contributed by atoms with Crippen molar-refractivity contribution in [1.29, 1.82) is 0 Å². The number of imidazole rings is 1. The van der Waals surface area contributed by atoms with E-state index in [0.717, 1.165) is 57.1 Å². The Morgan fingerprint density at radius 1 is 1.15 bits per heavy atom. The van der Waals surface area contributed by atoms with Gasteiger partial charge in [-0.1, -0.05) is 37.3 Å². The maximum Gasteiger partial charge on any atom is 0.306 e. The number of anilines is 1. The van der Waals surface area contributed by atoms with Gasteiger partial charge in [-0.25, -0.2) is 4.98 Å². The van der Waals surface area contributed by atoms with Crippen LogP contribution in [0, 0.1) is 0 Å². The van der Waals surface area contributed by atoms with Crippen LogP contribution in [0.4, 0.5) is 5.69 Å². The average molecular weight is 456 g/mol. The van der Waals surface area contributed by atoms with E-state index in [9.17, 15) is 4.79 Å². The smallest absolute Gasteiger partial charge is 0.306 e. The molecule has 4 aromatic rings. The van der Waals surface area contributed by atoms with Gasteiger partial charge < -0.3 is 19.9 Å². The second-order valence-electron chi connectivity index (χ2n) is 8.72. The number of rotatable bonds is 6. The van der Waals surface area contributed by atoms with Crippen LogP contribution >= 0.6 is 0 Å². The molecule has 2 aliphatic rings. The number of hydrogen-bond donors (Lipinski definition) is 2. The number of aryl methyl sites for hydroxylation is 1. The molecular weight excluding hydrogens is 430 g/mol. The largest absolute Gasteiger partial charge is 0.489 e. The van der Waals surface area contributed by atoms with Gasteiger partial charge in [0.05, 0.1) is 41.9 Å². The minimum absolute atomic E-state index is 0.00463. The van der Waals surface area contributed by atoms with E-state index >= 15 is 0 Å². The zero-order valence-electron chi connectivity index (χ0n) is 18.8. The summed E-state index contributed by atoms with van der Waals surface area (Å²) in [6.07, 6.45) is 0.423. The van der Waals surface area contributed by atoms with Crippen LogP contribution in [-0.4, -0.2) is 27.2 Å². The summed E-state index contributed by atoms with van der Waals surface area (Å²) >= 11 is 0. The molecule has 0 saturated carbocycles. The summed E-state index contributed by atoms with van der Waals surface area (Å²) in [5.41, 5.74) is 7.11. The number of carboxylic acid groups (broad SMARTS) is 1. The second-order valence-corrected chi connectivity index (χ2v) is 8.72. The highest BCUT2D eigenvalue weighted by Crippen LogP contribution is 2.41. The van der Waals surface area contributed by atoms with Crippen LogP contribution in [0.1, 0.15) is 48.0 Å². The zero-order chi connectivity index (χ0) is 23.2. The molecule has 6 rings (SSSR count). The van der Waals surface area contributed by atoms with Crippen LogP contribution in [0.15, 0.2) is 60.7 Å². The predicted molar refractivity (Wildman–Crippen MR) is 129 cm³/mol. The van der Waals surface area contributed by atoms with Crippen molar-refractivity contribution in [3.05, 3.63) is 83.2 Å². The van der Waals surface area contributed by atoms with Gasteiger partial charge in [-0.05, 0) is 41.5 Å². The summed E-state index contributed by atoms with van der Waals surface area (Å²) in [5, 5.41) is 12.7. The molecule has 2 aliphatic heterocycles. The van der Waals surface area contributed by atoms with Gasteiger partial charge in [0.25, 0.3) is 0 Å². The highest BCUT2D eigenvalue weighted by Gasteiger charge is 2.30. The van der Waals surface area contributed by atoms with E-state index in [1.165, 1.54) is 0 Å². The molecule has 0 spiro atoms. The topological polar surface area (TPSA) is 85.6 Å². The summed E-state index contributed by atoms with van der Waals surface area (Å²) in [7, 11) is 0. The standard InChI is InChI=1S/C27H25N3O4/c1-2-25-29-20-7-3-4-8-22(20)30(25)23-9-5-6-19-21(15-34-27(19)23)28-17-10-11-18-16(12-17)14-33-24(18)13-26(31)32/h3-12,21,24,28H,2,13-15H2,1H3,(H,31,32)/t21-,24+/m1/s1. The number of benzene rings is 3. The number of hydrogen-bond acceptors (Lipinski definition) is 5. The first kappa shape index (κ1) is 20.7. The molecule has 172 valence electrons. The quantitative estimate of drug-likeness (QED) is 0.417. The molecule has 2 N–H and O–H groups in total. The Labute approximate surface area is 197 Å².